The Balaban J connectivity index is 1.84. The van der Waals surface area contributed by atoms with Crippen molar-refractivity contribution >= 4 is 6.34 Å². The third-order valence-corrected chi connectivity index (χ3v) is 2.93. The van der Waals surface area contributed by atoms with Crippen molar-refractivity contribution in [3.05, 3.63) is 35.4 Å². The van der Waals surface area contributed by atoms with Crippen LogP contribution in [0.25, 0.3) is 0 Å². The van der Waals surface area contributed by atoms with Crippen LogP contribution in [0.1, 0.15) is 5.56 Å². The van der Waals surface area contributed by atoms with E-state index in [0.717, 1.165) is 6.07 Å². The molecule has 2 aliphatic rings. The average Bonchev–Trinajstić information content (AvgIpc) is 2.86. The summed E-state index contributed by atoms with van der Waals surface area (Å²) in [4.78, 5) is 3.99. The maximum atomic E-state index is 13.7. The molecule has 90 valence electrons. The number of halogens is 2. The zero-order valence-electron chi connectivity index (χ0n) is 8.99. The molecule has 1 aromatic carbocycles. The molecule has 1 N–H and O–H groups in total. The minimum absolute atomic E-state index is 0.390. The summed E-state index contributed by atoms with van der Waals surface area (Å²) in [5.74, 6) is -1.15. The Morgan fingerprint density at radius 3 is 2.88 bits per heavy atom. The van der Waals surface area contributed by atoms with E-state index in [1.807, 2.05) is 0 Å². The molecule has 0 amide bonds. The van der Waals surface area contributed by atoms with E-state index in [4.69, 9.17) is 4.74 Å². The summed E-state index contributed by atoms with van der Waals surface area (Å²) in [5, 5.41) is 1.75. The van der Waals surface area contributed by atoms with Crippen LogP contribution in [-0.2, 0) is 10.3 Å². The van der Waals surface area contributed by atoms with Gasteiger partial charge in [-0.1, -0.05) is 6.07 Å². The molecule has 1 aromatic rings. The highest BCUT2D eigenvalue weighted by atomic mass is 19.1. The fourth-order valence-corrected chi connectivity index (χ4v) is 1.96. The largest absolute Gasteiger partial charge is 0.362 e. The first kappa shape index (κ1) is 10.6. The van der Waals surface area contributed by atoms with Crippen molar-refractivity contribution in [2.45, 2.75) is 5.60 Å². The Hall–Kier alpha value is -1.53. The van der Waals surface area contributed by atoms with Crippen LogP contribution < -0.4 is 5.43 Å². The number of aliphatic imine (C=N–C) groups is 1. The third-order valence-electron chi connectivity index (χ3n) is 2.93. The maximum Gasteiger partial charge on any atom is 0.138 e. The van der Waals surface area contributed by atoms with E-state index in [-0.39, 0.29) is 0 Å². The number of nitrogens with zero attached hydrogens (tertiary/aromatic N) is 2. The van der Waals surface area contributed by atoms with Crippen molar-refractivity contribution in [2.75, 3.05) is 19.8 Å². The number of hydrogen-bond donors (Lipinski definition) is 1. The SMILES string of the molecule is Fc1ccc([C@]2(CN3C=NCN3)CO2)c(F)c1. The van der Waals surface area contributed by atoms with Crippen LogP contribution in [0.4, 0.5) is 8.78 Å². The molecule has 1 atom stereocenters. The van der Waals surface area contributed by atoms with E-state index in [1.54, 1.807) is 11.3 Å². The van der Waals surface area contributed by atoms with Gasteiger partial charge in [-0.25, -0.2) is 14.2 Å². The van der Waals surface area contributed by atoms with Gasteiger partial charge < -0.3 is 4.74 Å². The Kier molecular flexibility index (Phi) is 2.34. The Labute approximate surface area is 96.9 Å². The van der Waals surface area contributed by atoms with Crippen LogP contribution >= 0.6 is 0 Å². The highest BCUT2D eigenvalue weighted by molar-refractivity contribution is 5.56. The van der Waals surface area contributed by atoms with Crippen molar-refractivity contribution in [1.82, 2.24) is 10.4 Å². The number of ether oxygens (including phenoxy) is 1. The zero-order chi connectivity index (χ0) is 11.9. The average molecular weight is 239 g/mol. The number of nitrogens with one attached hydrogen (secondary N) is 1. The van der Waals surface area contributed by atoms with Gasteiger partial charge in [0.1, 0.15) is 30.2 Å². The van der Waals surface area contributed by atoms with E-state index in [0.29, 0.717) is 25.4 Å². The van der Waals surface area contributed by atoms with Gasteiger partial charge in [0.25, 0.3) is 0 Å². The van der Waals surface area contributed by atoms with Crippen molar-refractivity contribution in [1.29, 1.82) is 0 Å². The molecule has 1 saturated heterocycles. The number of hydrogen-bond acceptors (Lipinski definition) is 4. The summed E-state index contributed by atoms with van der Waals surface area (Å²) in [7, 11) is 0. The van der Waals surface area contributed by atoms with Crippen LogP contribution in [-0.4, -0.2) is 31.2 Å². The smallest absolute Gasteiger partial charge is 0.138 e. The van der Waals surface area contributed by atoms with Crippen LogP contribution in [0, 0.1) is 11.6 Å². The summed E-state index contributed by atoms with van der Waals surface area (Å²) < 4.78 is 31.9. The lowest BCUT2D eigenvalue weighted by atomic mass is 9.99. The molecule has 0 unspecified atom stereocenters. The molecule has 1 fully saturated rings. The minimum Gasteiger partial charge on any atom is -0.362 e. The molecule has 4 nitrogen and oxygen atoms in total. The summed E-state index contributed by atoms with van der Waals surface area (Å²) in [5.41, 5.74) is 2.70. The second-order valence-corrected chi connectivity index (χ2v) is 4.15. The molecular formula is C11H11F2N3O. The topological polar surface area (TPSA) is 40.2 Å². The second kappa shape index (κ2) is 3.75. The normalized spacial score (nSPS) is 26.6. The molecule has 0 radical (unpaired) electrons. The predicted molar refractivity (Wildman–Crippen MR) is 57.2 cm³/mol. The van der Waals surface area contributed by atoms with Gasteiger partial charge in [-0.2, -0.15) is 0 Å². The van der Waals surface area contributed by atoms with Gasteiger partial charge in [0.05, 0.1) is 13.2 Å². The lowest BCUT2D eigenvalue weighted by Crippen LogP contribution is -2.39. The maximum absolute atomic E-state index is 13.7. The lowest BCUT2D eigenvalue weighted by Gasteiger charge is -2.20. The first-order valence-electron chi connectivity index (χ1n) is 5.29. The third kappa shape index (κ3) is 1.89. The van der Waals surface area contributed by atoms with Gasteiger partial charge in [0.15, 0.2) is 0 Å². The summed E-state index contributed by atoms with van der Waals surface area (Å²) >= 11 is 0. The number of hydrazine groups is 1. The predicted octanol–water partition coefficient (Wildman–Crippen LogP) is 0.996. The van der Waals surface area contributed by atoms with E-state index in [1.165, 1.54) is 12.1 Å². The summed E-state index contributed by atoms with van der Waals surface area (Å²) in [6.07, 6.45) is 1.64. The van der Waals surface area contributed by atoms with Crippen LogP contribution in [0.3, 0.4) is 0 Å². The Morgan fingerprint density at radius 1 is 1.47 bits per heavy atom. The highest BCUT2D eigenvalue weighted by Crippen LogP contribution is 2.40. The van der Waals surface area contributed by atoms with Crippen molar-refractivity contribution in [2.24, 2.45) is 4.99 Å². The summed E-state index contributed by atoms with van der Waals surface area (Å²) in [6, 6.07) is 3.56. The van der Waals surface area contributed by atoms with Crippen molar-refractivity contribution in [3.63, 3.8) is 0 Å². The minimum atomic E-state index is -0.679. The van der Waals surface area contributed by atoms with Crippen molar-refractivity contribution < 1.29 is 13.5 Å². The highest BCUT2D eigenvalue weighted by Gasteiger charge is 2.49. The molecule has 2 aliphatic heterocycles. The molecule has 6 heteroatoms. The van der Waals surface area contributed by atoms with E-state index in [2.05, 4.69) is 10.4 Å². The Morgan fingerprint density at radius 2 is 2.29 bits per heavy atom. The van der Waals surface area contributed by atoms with E-state index in [9.17, 15) is 8.78 Å². The van der Waals surface area contributed by atoms with Gasteiger partial charge >= 0.3 is 0 Å². The number of epoxide rings is 1. The van der Waals surface area contributed by atoms with Crippen LogP contribution in [0.5, 0.6) is 0 Å². The van der Waals surface area contributed by atoms with Crippen LogP contribution in [0.2, 0.25) is 0 Å². The standard InChI is InChI=1S/C11H11F2N3O/c12-8-1-2-9(10(13)3-8)11(5-17-11)4-16-7-14-6-15-16/h1-3,7,15H,4-6H2/t11-/m0/s1. The lowest BCUT2D eigenvalue weighted by molar-refractivity contribution is 0.218. The monoisotopic (exact) mass is 239 g/mol. The number of rotatable bonds is 3. The number of benzene rings is 1. The van der Waals surface area contributed by atoms with E-state index >= 15 is 0 Å². The van der Waals surface area contributed by atoms with Gasteiger partial charge in [0.2, 0.25) is 0 Å². The van der Waals surface area contributed by atoms with Crippen LogP contribution in [0.15, 0.2) is 23.2 Å². The molecular weight excluding hydrogens is 228 g/mol. The summed E-state index contributed by atoms with van der Waals surface area (Å²) in [6.45, 7) is 1.41. The van der Waals surface area contributed by atoms with E-state index < -0.39 is 17.2 Å². The second-order valence-electron chi connectivity index (χ2n) is 4.15. The fourth-order valence-electron chi connectivity index (χ4n) is 1.96. The van der Waals surface area contributed by atoms with Gasteiger partial charge in [-0.05, 0) is 6.07 Å². The fraction of sp³-hybridized carbons (Fsp3) is 0.364. The molecule has 2 heterocycles. The molecule has 0 bridgehead atoms. The zero-order valence-corrected chi connectivity index (χ0v) is 8.99. The first-order valence-corrected chi connectivity index (χ1v) is 5.29. The molecule has 0 saturated carbocycles. The molecule has 0 aliphatic carbocycles. The molecule has 0 aromatic heterocycles. The Bertz CT molecular complexity index is 474. The molecule has 17 heavy (non-hydrogen) atoms. The quantitative estimate of drug-likeness (QED) is 0.800. The van der Waals surface area contributed by atoms with Gasteiger partial charge in [-0.3, -0.25) is 10.0 Å². The van der Waals surface area contributed by atoms with Gasteiger partial charge in [0, 0.05) is 11.6 Å². The first-order chi connectivity index (χ1) is 8.20. The van der Waals surface area contributed by atoms with Gasteiger partial charge in [-0.15, -0.1) is 0 Å². The van der Waals surface area contributed by atoms with Crippen molar-refractivity contribution in [3.8, 4) is 0 Å². The molecule has 0 spiro atoms. The molecule has 3 rings (SSSR count).